The van der Waals surface area contributed by atoms with Gasteiger partial charge in [-0.2, -0.15) is 0 Å². The molecule has 0 atom stereocenters. The summed E-state index contributed by atoms with van der Waals surface area (Å²) in [4.78, 5) is 60.3. The zero-order valence-corrected chi connectivity index (χ0v) is 29.4. The largest absolute Gasteiger partial charge is 0.478 e. The number of unbranched alkanes of at least 4 members (excludes halogenated alkanes) is 14. The van der Waals surface area contributed by atoms with Gasteiger partial charge in [0, 0.05) is 17.7 Å². The van der Waals surface area contributed by atoms with Crippen molar-refractivity contribution < 1.29 is 44.0 Å². The van der Waals surface area contributed by atoms with E-state index in [0.29, 0.717) is 12.1 Å². The third-order valence-corrected chi connectivity index (χ3v) is 8.54. The summed E-state index contributed by atoms with van der Waals surface area (Å²) in [6.45, 7) is 2.25. The van der Waals surface area contributed by atoms with Crippen LogP contribution in [0.2, 0.25) is 0 Å². The van der Waals surface area contributed by atoms with Gasteiger partial charge in [0.25, 0.3) is 5.91 Å². The minimum atomic E-state index is -1.37. The molecule has 0 aliphatic heterocycles. The molecule has 0 radical (unpaired) electrons. The molecule has 0 fully saturated rings. The van der Waals surface area contributed by atoms with Crippen LogP contribution in [0.3, 0.4) is 0 Å². The highest BCUT2D eigenvalue weighted by Crippen LogP contribution is 2.32. The lowest BCUT2D eigenvalue weighted by molar-refractivity contribution is -0.116. The molecule has 51 heavy (non-hydrogen) atoms. The number of carboxylic acid groups (broad SMARTS) is 3. The predicted molar refractivity (Wildman–Crippen MR) is 196 cm³/mol. The molecule has 0 spiro atoms. The Balaban J connectivity index is 1.45. The monoisotopic (exact) mass is 702 g/mol. The zero-order valence-electron chi connectivity index (χ0n) is 29.4. The number of nitrogens with one attached hydrogen (secondary N) is 2. The number of amides is 2. The number of aromatic carboxylic acids is 3. The molecule has 0 aliphatic rings. The topological polar surface area (TPSA) is 179 Å². The first-order chi connectivity index (χ1) is 24.6. The van der Waals surface area contributed by atoms with Crippen molar-refractivity contribution in [1.29, 1.82) is 0 Å². The summed E-state index contributed by atoms with van der Waals surface area (Å²) in [6.07, 6.45) is 19.2. The quantitative estimate of drug-likeness (QED) is 0.0568. The third-order valence-electron chi connectivity index (χ3n) is 8.54. The average Bonchev–Trinajstić information content (AvgIpc) is 3.10. The Labute approximate surface area is 299 Å². The number of rotatable bonds is 24. The number of hydrogen-bond acceptors (Lipinski definition) is 6. The molecule has 0 saturated carbocycles. The predicted octanol–water partition coefficient (Wildman–Crippen LogP) is 10.0. The molecule has 11 heteroatoms. The van der Waals surface area contributed by atoms with E-state index in [-0.39, 0.29) is 45.3 Å². The van der Waals surface area contributed by atoms with Gasteiger partial charge in [-0.25, -0.2) is 14.4 Å². The summed E-state index contributed by atoms with van der Waals surface area (Å²) in [5, 5.41) is 33.7. The number of benzene rings is 3. The fourth-order valence-electron chi connectivity index (χ4n) is 5.66. The zero-order chi connectivity index (χ0) is 37.0. The van der Waals surface area contributed by atoms with Crippen molar-refractivity contribution in [1.82, 2.24) is 0 Å². The second-order valence-corrected chi connectivity index (χ2v) is 12.8. The molecule has 0 aliphatic carbocycles. The molecule has 3 aromatic carbocycles. The van der Waals surface area contributed by atoms with Gasteiger partial charge in [0.05, 0.1) is 22.4 Å². The highest BCUT2D eigenvalue weighted by molar-refractivity contribution is 6.06. The minimum Gasteiger partial charge on any atom is -0.478 e. The number of ether oxygens (including phenoxy) is 1. The van der Waals surface area contributed by atoms with Crippen molar-refractivity contribution in [2.24, 2.45) is 0 Å². The van der Waals surface area contributed by atoms with Crippen LogP contribution < -0.4 is 15.4 Å². The Bertz CT molecular complexity index is 1590. The number of carbonyl (C=O) groups excluding carboxylic acids is 2. The van der Waals surface area contributed by atoms with E-state index in [9.17, 15) is 39.3 Å². The van der Waals surface area contributed by atoms with Gasteiger partial charge >= 0.3 is 17.9 Å². The Morgan fingerprint density at radius 3 is 1.49 bits per heavy atom. The molecule has 0 aromatic heterocycles. The SMILES string of the molecule is CCCCCCCCCCCCCCCCCC(=O)Nc1ccc(C(=O)Nc2cc(C(=O)O)ccc2Oc2cc(C(=O)O)cc(C(=O)O)c2)cc1. The van der Waals surface area contributed by atoms with Crippen LogP contribution in [0.15, 0.2) is 60.7 Å². The Morgan fingerprint density at radius 2 is 1.00 bits per heavy atom. The lowest BCUT2D eigenvalue weighted by Gasteiger charge is -2.14. The maximum atomic E-state index is 13.1. The Kier molecular flexibility index (Phi) is 17.2. The summed E-state index contributed by atoms with van der Waals surface area (Å²) in [5.74, 6) is -4.91. The molecule has 0 heterocycles. The van der Waals surface area contributed by atoms with Crippen molar-refractivity contribution in [2.45, 2.75) is 110 Å². The number of anilines is 2. The summed E-state index contributed by atoms with van der Waals surface area (Å²) in [7, 11) is 0. The first-order valence-electron chi connectivity index (χ1n) is 18.0. The first-order valence-corrected chi connectivity index (χ1v) is 18.0. The summed E-state index contributed by atoms with van der Waals surface area (Å²) >= 11 is 0. The number of carbonyl (C=O) groups is 5. The molecule has 0 saturated heterocycles. The fraction of sp³-hybridized carbons (Fsp3) is 0.425. The van der Waals surface area contributed by atoms with E-state index >= 15 is 0 Å². The van der Waals surface area contributed by atoms with Crippen molar-refractivity contribution in [2.75, 3.05) is 10.6 Å². The van der Waals surface area contributed by atoms with Gasteiger partial charge in [-0.15, -0.1) is 0 Å². The standard InChI is InChI=1S/C40H50N2O9/c1-2-3-4-5-6-7-8-9-10-11-12-13-14-15-16-17-36(43)41-32-21-18-28(19-22-32)37(44)42-34-27-29(38(45)46)20-23-35(34)51-33-25-30(39(47)48)24-31(26-33)40(49)50/h18-27H,2-17H2,1H3,(H,41,43)(H,42,44)(H,45,46)(H,47,48)(H,49,50). The van der Waals surface area contributed by atoms with Gasteiger partial charge in [-0.1, -0.05) is 96.8 Å². The van der Waals surface area contributed by atoms with Crippen LogP contribution >= 0.6 is 0 Å². The van der Waals surface area contributed by atoms with Crippen molar-refractivity contribution in [3.8, 4) is 11.5 Å². The second-order valence-electron chi connectivity index (χ2n) is 12.8. The molecule has 3 rings (SSSR count). The highest BCUT2D eigenvalue weighted by Gasteiger charge is 2.17. The first kappa shape index (κ1) is 40.2. The van der Waals surface area contributed by atoms with Crippen LogP contribution in [0, 0.1) is 0 Å². The van der Waals surface area contributed by atoms with E-state index in [1.165, 1.54) is 107 Å². The van der Waals surface area contributed by atoms with Crippen molar-refractivity contribution in [3.05, 3.63) is 82.9 Å². The normalized spacial score (nSPS) is 10.8. The molecule has 2 amide bonds. The van der Waals surface area contributed by atoms with Crippen LogP contribution in [0.5, 0.6) is 11.5 Å². The Hall–Kier alpha value is -5.19. The Morgan fingerprint density at radius 1 is 0.529 bits per heavy atom. The molecule has 0 bridgehead atoms. The van der Waals surface area contributed by atoms with E-state index in [4.69, 9.17) is 4.74 Å². The molecule has 0 unspecified atom stereocenters. The molecule has 11 nitrogen and oxygen atoms in total. The highest BCUT2D eigenvalue weighted by atomic mass is 16.5. The van der Waals surface area contributed by atoms with E-state index in [1.807, 2.05) is 0 Å². The van der Waals surface area contributed by atoms with Gasteiger partial charge < -0.3 is 30.7 Å². The van der Waals surface area contributed by atoms with E-state index in [0.717, 1.165) is 37.5 Å². The molecular formula is C40H50N2O9. The maximum Gasteiger partial charge on any atom is 0.335 e. The lowest BCUT2D eigenvalue weighted by atomic mass is 10.0. The molecule has 3 aromatic rings. The summed E-state index contributed by atoms with van der Waals surface area (Å²) in [5.41, 5.74) is -0.127. The van der Waals surface area contributed by atoms with Gasteiger partial charge in [0.1, 0.15) is 5.75 Å². The number of carboxylic acids is 3. The van der Waals surface area contributed by atoms with Crippen LogP contribution in [0.1, 0.15) is 151 Å². The minimum absolute atomic E-state index is 0.0432. The van der Waals surface area contributed by atoms with Crippen molar-refractivity contribution >= 4 is 41.1 Å². The van der Waals surface area contributed by atoms with Crippen LogP contribution in [-0.2, 0) is 4.79 Å². The van der Waals surface area contributed by atoms with Gasteiger partial charge in [0.2, 0.25) is 5.91 Å². The van der Waals surface area contributed by atoms with Gasteiger partial charge in [-0.05, 0) is 67.1 Å². The summed E-state index contributed by atoms with van der Waals surface area (Å²) < 4.78 is 5.74. The summed E-state index contributed by atoms with van der Waals surface area (Å²) in [6, 6.07) is 13.1. The smallest absolute Gasteiger partial charge is 0.335 e. The van der Waals surface area contributed by atoms with E-state index in [1.54, 1.807) is 12.1 Å². The number of hydrogen-bond donors (Lipinski definition) is 5. The van der Waals surface area contributed by atoms with Crippen molar-refractivity contribution in [3.63, 3.8) is 0 Å². The van der Waals surface area contributed by atoms with Crippen LogP contribution in [-0.4, -0.2) is 45.0 Å². The maximum absolute atomic E-state index is 13.1. The van der Waals surface area contributed by atoms with Gasteiger partial charge in [0.15, 0.2) is 5.75 Å². The van der Waals surface area contributed by atoms with E-state index in [2.05, 4.69) is 17.6 Å². The molecular weight excluding hydrogens is 652 g/mol. The fourth-order valence-corrected chi connectivity index (χ4v) is 5.66. The third kappa shape index (κ3) is 14.7. The van der Waals surface area contributed by atoms with Crippen LogP contribution in [0.4, 0.5) is 11.4 Å². The average molecular weight is 703 g/mol. The van der Waals surface area contributed by atoms with Crippen LogP contribution in [0.25, 0.3) is 0 Å². The van der Waals surface area contributed by atoms with Gasteiger partial charge in [-0.3, -0.25) is 9.59 Å². The second kappa shape index (κ2) is 21.8. The lowest BCUT2D eigenvalue weighted by Crippen LogP contribution is -2.14. The van der Waals surface area contributed by atoms with E-state index < -0.39 is 23.8 Å². The molecule has 5 N–H and O–H groups in total. The molecule has 274 valence electrons.